The molecular weight excluding hydrogens is 402 g/mol. The second kappa shape index (κ2) is 8.36. The number of thiophene rings is 1. The normalized spacial score (nSPS) is 15.3. The molecule has 0 saturated carbocycles. The highest BCUT2D eigenvalue weighted by molar-refractivity contribution is 8.18. The zero-order chi connectivity index (χ0) is 20.3. The van der Waals surface area contributed by atoms with Gasteiger partial charge in [0.15, 0.2) is 0 Å². The lowest BCUT2D eigenvalue weighted by atomic mass is 10.1. The lowest BCUT2D eigenvalue weighted by molar-refractivity contribution is -0.385. The molecule has 0 bridgehead atoms. The van der Waals surface area contributed by atoms with Crippen LogP contribution in [0.15, 0.2) is 40.6 Å². The number of benzene rings is 1. The third kappa shape index (κ3) is 4.12. The van der Waals surface area contributed by atoms with E-state index >= 15 is 0 Å². The fraction of sp³-hybridized carbons (Fsp3) is 0.167. The number of carbonyl (C=O) groups excluding carboxylic acids is 3. The molecule has 8 nitrogen and oxygen atoms in total. The van der Waals surface area contributed by atoms with E-state index < -0.39 is 22.0 Å². The number of thioether (sulfide) groups is 1. The van der Waals surface area contributed by atoms with E-state index in [1.54, 1.807) is 6.08 Å². The number of nitrogens with one attached hydrogen (secondary N) is 1. The summed E-state index contributed by atoms with van der Waals surface area (Å²) in [6.45, 7) is 1.57. The number of carbonyl (C=O) groups is 3. The molecule has 0 radical (unpaired) electrons. The van der Waals surface area contributed by atoms with Crippen molar-refractivity contribution < 1.29 is 19.3 Å². The molecule has 0 unspecified atom stereocenters. The number of nitrogens with zero attached hydrogens (tertiary/aromatic N) is 2. The molecule has 3 amide bonds. The van der Waals surface area contributed by atoms with E-state index in [0.29, 0.717) is 4.91 Å². The molecule has 0 spiro atoms. The first-order valence-corrected chi connectivity index (χ1v) is 9.89. The van der Waals surface area contributed by atoms with E-state index in [-0.39, 0.29) is 29.9 Å². The van der Waals surface area contributed by atoms with Crippen LogP contribution in [0.4, 0.5) is 10.5 Å². The van der Waals surface area contributed by atoms with Crippen molar-refractivity contribution >= 4 is 51.9 Å². The van der Waals surface area contributed by atoms with Gasteiger partial charge in [-0.2, -0.15) is 0 Å². The smallest absolute Gasteiger partial charge is 0.293 e. The van der Waals surface area contributed by atoms with Crippen LogP contribution in [-0.2, 0) is 4.79 Å². The monoisotopic (exact) mass is 417 g/mol. The molecular formula is C18H15N3O5S2. The van der Waals surface area contributed by atoms with Crippen molar-refractivity contribution in [2.45, 2.75) is 6.92 Å². The van der Waals surface area contributed by atoms with Crippen molar-refractivity contribution in [1.82, 2.24) is 10.2 Å². The van der Waals surface area contributed by atoms with Crippen LogP contribution in [0.2, 0.25) is 0 Å². The summed E-state index contributed by atoms with van der Waals surface area (Å²) in [5.74, 6) is -0.897. The minimum Gasteiger partial charge on any atom is -0.350 e. The van der Waals surface area contributed by atoms with Crippen LogP contribution in [0.5, 0.6) is 0 Å². The number of nitro benzene ring substituents is 1. The minimum absolute atomic E-state index is 0.0200. The van der Waals surface area contributed by atoms with E-state index in [4.69, 9.17) is 0 Å². The zero-order valence-corrected chi connectivity index (χ0v) is 16.3. The lowest BCUT2D eigenvalue weighted by Crippen LogP contribution is -2.37. The Morgan fingerprint density at radius 2 is 2.07 bits per heavy atom. The SMILES string of the molecule is Cc1c(C(=O)NCCN2C(=O)S/C(=C/c3cccs3)C2=O)cccc1[N+](=O)[O-]. The van der Waals surface area contributed by atoms with Gasteiger partial charge in [-0.15, -0.1) is 11.3 Å². The quantitative estimate of drug-likeness (QED) is 0.438. The number of imide groups is 1. The molecule has 144 valence electrons. The van der Waals surface area contributed by atoms with Crippen LogP contribution >= 0.6 is 23.1 Å². The van der Waals surface area contributed by atoms with Gasteiger partial charge >= 0.3 is 0 Å². The van der Waals surface area contributed by atoms with Gasteiger partial charge < -0.3 is 5.32 Å². The summed E-state index contributed by atoms with van der Waals surface area (Å²) >= 11 is 2.32. The Morgan fingerprint density at radius 3 is 2.75 bits per heavy atom. The highest BCUT2D eigenvalue weighted by Gasteiger charge is 2.34. The first kappa shape index (κ1) is 19.8. The average Bonchev–Trinajstić information content (AvgIpc) is 3.25. The highest BCUT2D eigenvalue weighted by atomic mass is 32.2. The topological polar surface area (TPSA) is 110 Å². The van der Waals surface area contributed by atoms with E-state index in [1.165, 1.54) is 36.5 Å². The van der Waals surface area contributed by atoms with Gasteiger partial charge in [0.2, 0.25) is 0 Å². The maximum absolute atomic E-state index is 12.4. The molecule has 2 heterocycles. The molecule has 3 rings (SSSR count). The largest absolute Gasteiger partial charge is 0.350 e. The van der Waals surface area contributed by atoms with Crippen molar-refractivity contribution in [2.75, 3.05) is 13.1 Å². The number of rotatable bonds is 6. The molecule has 1 aliphatic heterocycles. The molecule has 1 aliphatic rings. The van der Waals surface area contributed by atoms with Crippen molar-refractivity contribution in [3.05, 3.63) is 66.7 Å². The number of nitro groups is 1. The highest BCUT2D eigenvalue weighted by Crippen LogP contribution is 2.32. The summed E-state index contributed by atoms with van der Waals surface area (Å²) in [6, 6.07) is 7.95. The lowest BCUT2D eigenvalue weighted by Gasteiger charge is -2.13. The molecule has 1 aromatic carbocycles. The van der Waals surface area contributed by atoms with Gasteiger partial charge in [0, 0.05) is 35.2 Å². The van der Waals surface area contributed by atoms with Crippen molar-refractivity contribution in [3.8, 4) is 0 Å². The molecule has 10 heteroatoms. The second-order valence-electron chi connectivity index (χ2n) is 5.81. The van der Waals surface area contributed by atoms with E-state index in [9.17, 15) is 24.5 Å². The molecule has 1 N–H and O–H groups in total. The number of hydrogen-bond acceptors (Lipinski definition) is 7. The molecule has 0 atom stereocenters. The van der Waals surface area contributed by atoms with E-state index in [0.717, 1.165) is 21.5 Å². The van der Waals surface area contributed by atoms with Crippen LogP contribution in [0.1, 0.15) is 20.8 Å². The Hall–Kier alpha value is -2.98. The number of hydrogen-bond donors (Lipinski definition) is 1. The Balaban J connectivity index is 1.61. The van der Waals surface area contributed by atoms with Gasteiger partial charge in [-0.1, -0.05) is 12.1 Å². The maximum Gasteiger partial charge on any atom is 0.293 e. The van der Waals surface area contributed by atoms with E-state index in [1.807, 2.05) is 17.5 Å². The fourth-order valence-electron chi connectivity index (χ4n) is 2.64. The summed E-state index contributed by atoms with van der Waals surface area (Å²) in [7, 11) is 0. The second-order valence-corrected chi connectivity index (χ2v) is 7.78. The zero-order valence-electron chi connectivity index (χ0n) is 14.7. The summed E-state index contributed by atoms with van der Waals surface area (Å²) in [5.41, 5.74) is 0.299. The van der Waals surface area contributed by atoms with Gasteiger partial charge in [-0.25, -0.2) is 0 Å². The Morgan fingerprint density at radius 1 is 1.29 bits per heavy atom. The van der Waals surface area contributed by atoms with Crippen molar-refractivity contribution in [3.63, 3.8) is 0 Å². The Labute approximate surface area is 168 Å². The third-order valence-corrected chi connectivity index (χ3v) is 5.78. The van der Waals surface area contributed by atoms with Crippen molar-refractivity contribution in [2.24, 2.45) is 0 Å². The minimum atomic E-state index is -0.549. The maximum atomic E-state index is 12.4. The van der Waals surface area contributed by atoms with Gasteiger partial charge in [-0.05, 0) is 42.3 Å². The fourth-order valence-corrected chi connectivity index (χ4v) is 4.23. The third-order valence-electron chi connectivity index (χ3n) is 4.06. The average molecular weight is 417 g/mol. The van der Waals surface area contributed by atoms with Crippen LogP contribution in [0, 0.1) is 17.0 Å². The van der Waals surface area contributed by atoms with E-state index in [2.05, 4.69) is 5.32 Å². The molecule has 1 saturated heterocycles. The predicted octanol–water partition coefficient (Wildman–Crippen LogP) is 3.43. The van der Waals surface area contributed by atoms with Crippen LogP contribution in [0.3, 0.4) is 0 Å². The summed E-state index contributed by atoms with van der Waals surface area (Å²) in [4.78, 5) is 49.5. The summed E-state index contributed by atoms with van der Waals surface area (Å²) in [6.07, 6.45) is 1.67. The molecule has 0 aliphatic carbocycles. The molecule has 1 aromatic heterocycles. The molecule has 2 aromatic rings. The van der Waals surface area contributed by atoms with Crippen LogP contribution in [-0.4, -0.2) is 40.0 Å². The van der Waals surface area contributed by atoms with Crippen molar-refractivity contribution in [1.29, 1.82) is 0 Å². The van der Waals surface area contributed by atoms with Gasteiger partial charge in [0.1, 0.15) is 0 Å². The summed E-state index contributed by atoms with van der Waals surface area (Å²) in [5, 5.41) is 15.1. The van der Waals surface area contributed by atoms with Gasteiger partial charge in [0.25, 0.3) is 22.7 Å². The van der Waals surface area contributed by atoms with Crippen LogP contribution < -0.4 is 5.32 Å². The first-order chi connectivity index (χ1) is 13.4. The van der Waals surface area contributed by atoms with Gasteiger partial charge in [-0.3, -0.25) is 29.4 Å². The summed E-state index contributed by atoms with van der Waals surface area (Å²) < 4.78 is 0. The van der Waals surface area contributed by atoms with Crippen LogP contribution in [0.25, 0.3) is 6.08 Å². The first-order valence-electron chi connectivity index (χ1n) is 8.19. The molecule has 1 fully saturated rings. The number of amides is 3. The standard InChI is InChI=1S/C18H15N3O5S2/c1-11-13(5-2-6-14(11)21(25)26)16(22)19-7-8-20-17(23)15(28-18(20)24)10-12-4-3-9-27-12/h2-6,9-10H,7-8H2,1H3,(H,19,22)/b15-10+. The molecule has 28 heavy (non-hydrogen) atoms. The Kier molecular flexibility index (Phi) is 5.90. The van der Waals surface area contributed by atoms with Gasteiger partial charge in [0.05, 0.1) is 9.83 Å². The Bertz CT molecular complexity index is 985. The predicted molar refractivity (Wildman–Crippen MR) is 107 cm³/mol.